The van der Waals surface area contributed by atoms with Crippen LogP contribution in [0.3, 0.4) is 0 Å². The second-order valence-electron chi connectivity index (χ2n) is 5.20. The first kappa shape index (κ1) is 14.9. The van der Waals surface area contributed by atoms with Gasteiger partial charge in [0.15, 0.2) is 0 Å². The SMILES string of the molecule is CCCCCNc1ccc(NC(=O)C2CCCO2)cc1. The monoisotopic (exact) mass is 276 g/mol. The normalized spacial score (nSPS) is 17.9. The van der Waals surface area contributed by atoms with Gasteiger partial charge in [-0.1, -0.05) is 19.8 Å². The van der Waals surface area contributed by atoms with E-state index in [4.69, 9.17) is 4.74 Å². The molecule has 4 heteroatoms. The Hall–Kier alpha value is -1.55. The van der Waals surface area contributed by atoms with E-state index in [9.17, 15) is 4.79 Å². The molecule has 1 atom stereocenters. The van der Waals surface area contributed by atoms with Gasteiger partial charge in [-0.2, -0.15) is 0 Å². The molecular formula is C16H24N2O2. The summed E-state index contributed by atoms with van der Waals surface area (Å²) < 4.78 is 5.36. The van der Waals surface area contributed by atoms with E-state index >= 15 is 0 Å². The van der Waals surface area contributed by atoms with Gasteiger partial charge < -0.3 is 15.4 Å². The number of nitrogens with one attached hydrogen (secondary N) is 2. The van der Waals surface area contributed by atoms with Crippen LogP contribution in [0, 0.1) is 0 Å². The van der Waals surface area contributed by atoms with Crippen molar-refractivity contribution in [1.82, 2.24) is 0 Å². The minimum Gasteiger partial charge on any atom is -0.385 e. The van der Waals surface area contributed by atoms with Gasteiger partial charge in [-0.3, -0.25) is 4.79 Å². The predicted molar refractivity (Wildman–Crippen MR) is 82.1 cm³/mol. The summed E-state index contributed by atoms with van der Waals surface area (Å²) >= 11 is 0. The number of carbonyl (C=O) groups is 1. The minimum atomic E-state index is -0.276. The number of ether oxygens (including phenoxy) is 1. The number of benzene rings is 1. The second-order valence-corrected chi connectivity index (χ2v) is 5.20. The van der Waals surface area contributed by atoms with Crippen molar-refractivity contribution in [3.05, 3.63) is 24.3 Å². The first-order valence-electron chi connectivity index (χ1n) is 7.56. The lowest BCUT2D eigenvalue weighted by molar-refractivity contribution is -0.124. The van der Waals surface area contributed by atoms with E-state index in [1.165, 1.54) is 19.3 Å². The molecule has 2 rings (SSSR count). The maximum absolute atomic E-state index is 11.9. The Labute approximate surface area is 120 Å². The summed E-state index contributed by atoms with van der Waals surface area (Å²) in [5, 5.41) is 6.27. The summed E-state index contributed by atoms with van der Waals surface area (Å²) in [5.74, 6) is -0.0360. The molecule has 1 aromatic carbocycles. The fraction of sp³-hybridized carbons (Fsp3) is 0.562. The summed E-state index contributed by atoms with van der Waals surface area (Å²) in [6, 6.07) is 7.85. The van der Waals surface area contributed by atoms with Crippen molar-refractivity contribution in [1.29, 1.82) is 0 Å². The standard InChI is InChI=1S/C16H24N2O2/c1-2-3-4-11-17-13-7-9-14(10-8-13)18-16(19)15-6-5-12-20-15/h7-10,15,17H,2-6,11-12H2,1H3,(H,18,19). The number of unbranched alkanes of at least 4 members (excludes halogenated alkanes) is 2. The molecule has 1 amide bonds. The highest BCUT2D eigenvalue weighted by atomic mass is 16.5. The third-order valence-electron chi connectivity index (χ3n) is 3.48. The molecule has 0 radical (unpaired) electrons. The number of anilines is 2. The molecule has 20 heavy (non-hydrogen) atoms. The molecule has 110 valence electrons. The number of hydrogen-bond donors (Lipinski definition) is 2. The third kappa shape index (κ3) is 4.53. The van der Waals surface area contributed by atoms with Crippen LogP contribution in [-0.2, 0) is 9.53 Å². The van der Waals surface area contributed by atoms with Gasteiger partial charge in [-0.25, -0.2) is 0 Å². The molecule has 0 aliphatic carbocycles. The lowest BCUT2D eigenvalue weighted by Gasteiger charge is -2.11. The van der Waals surface area contributed by atoms with Gasteiger partial charge in [0.1, 0.15) is 6.10 Å². The number of carbonyl (C=O) groups excluding carboxylic acids is 1. The summed E-state index contributed by atoms with van der Waals surface area (Å²) in [6.45, 7) is 3.89. The van der Waals surface area contributed by atoms with Gasteiger partial charge >= 0.3 is 0 Å². The van der Waals surface area contributed by atoms with E-state index < -0.39 is 0 Å². The number of amides is 1. The van der Waals surface area contributed by atoms with Gasteiger partial charge in [0.05, 0.1) is 0 Å². The average molecular weight is 276 g/mol. The topological polar surface area (TPSA) is 50.4 Å². The Morgan fingerprint density at radius 3 is 2.65 bits per heavy atom. The molecule has 1 aromatic rings. The largest absolute Gasteiger partial charge is 0.385 e. The van der Waals surface area contributed by atoms with E-state index in [0.29, 0.717) is 6.61 Å². The fourth-order valence-electron chi connectivity index (χ4n) is 2.29. The van der Waals surface area contributed by atoms with Gasteiger partial charge in [0.25, 0.3) is 5.91 Å². The van der Waals surface area contributed by atoms with Crippen LogP contribution >= 0.6 is 0 Å². The Morgan fingerprint density at radius 1 is 1.25 bits per heavy atom. The molecule has 1 aliphatic rings. The highest BCUT2D eigenvalue weighted by Crippen LogP contribution is 2.17. The Bertz CT molecular complexity index is 411. The van der Waals surface area contributed by atoms with E-state index in [-0.39, 0.29) is 12.0 Å². The van der Waals surface area contributed by atoms with E-state index in [1.807, 2.05) is 24.3 Å². The van der Waals surface area contributed by atoms with Gasteiger partial charge in [-0.15, -0.1) is 0 Å². The Kier molecular flexibility index (Phi) is 5.87. The second kappa shape index (κ2) is 7.90. The molecular weight excluding hydrogens is 252 g/mol. The summed E-state index contributed by atoms with van der Waals surface area (Å²) in [4.78, 5) is 11.9. The van der Waals surface area contributed by atoms with Crippen molar-refractivity contribution in [2.75, 3.05) is 23.8 Å². The van der Waals surface area contributed by atoms with Gasteiger partial charge in [-0.05, 0) is 43.5 Å². The molecule has 1 aliphatic heterocycles. The van der Waals surface area contributed by atoms with Crippen LogP contribution in [0.25, 0.3) is 0 Å². The first-order valence-corrected chi connectivity index (χ1v) is 7.56. The molecule has 0 spiro atoms. The molecule has 0 aromatic heterocycles. The van der Waals surface area contributed by atoms with Gasteiger partial charge in [0, 0.05) is 24.5 Å². The number of rotatable bonds is 7. The molecule has 1 heterocycles. The van der Waals surface area contributed by atoms with Crippen LogP contribution in [0.15, 0.2) is 24.3 Å². The van der Waals surface area contributed by atoms with Gasteiger partial charge in [0.2, 0.25) is 0 Å². The summed E-state index contributed by atoms with van der Waals surface area (Å²) in [6.07, 6.45) is 5.19. The zero-order valence-electron chi connectivity index (χ0n) is 12.2. The van der Waals surface area contributed by atoms with Crippen molar-refractivity contribution >= 4 is 17.3 Å². The van der Waals surface area contributed by atoms with E-state index in [0.717, 1.165) is 30.8 Å². The van der Waals surface area contributed by atoms with Crippen molar-refractivity contribution in [2.45, 2.75) is 45.1 Å². The fourth-order valence-corrected chi connectivity index (χ4v) is 2.29. The van der Waals surface area contributed by atoms with Crippen LogP contribution in [0.1, 0.15) is 39.0 Å². The van der Waals surface area contributed by atoms with Crippen LogP contribution < -0.4 is 10.6 Å². The maximum atomic E-state index is 11.9. The minimum absolute atomic E-state index is 0.0360. The van der Waals surface area contributed by atoms with Crippen LogP contribution in [0.5, 0.6) is 0 Å². The van der Waals surface area contributed by atoms with E-state index in [1.54, 1.807) is 0 Å². The zero-order valence-corrected chi connectivity index (χ0v) is 12.2. The van der Waals surface area contributed by atoms with Crippen molar-refractivity contribution in [3.63, 3.8) is 0 Å². The van der Waals surface area contributed by atoms with Crippen LogP contribution in [-0.4, -0.2) is 25.2 Å². The van der Waals surface area contributed by atoms with Crippen LogP contribution in [0.4, 0.5) is 11.4 Å². The average Bonchev–Trinajstić information content (AvgIpc) is 3.00. The highest BCUT2D eigenvalue weighted by Gasteiger charge is 2.23. The Balaban J connectivity index is 1.77. The van der Waals surface area contributed by atoms with Crippen molar-refractivity contribution < 1.29 is 9.53 Å². The molecule has 2 N–H and O–H groups in total. The smallest absolute Gasteiger partial charge is 0.253 e. The predicted octanol–water partition coefficient (Wildman–Crippen LogP) is 3.41. The molecule has 0 saturated carbocycles. The van der Waals surface area contributed by atoms with Crippen molar-refractivity contribution in [2.24, 2.45) is 0 Å². The first-order chi connectivity index (χ1) is 9.79. The molecule has 1 saturated heterocycles. The molecule has 1 unspecified atom stereocenters. The molecule has 1 fully saturated rings. The lowest BCUT2D eigenvalue weighted by Crippen LogP contribution is -2.26. The molecule has 4 nitrogen and oxygen atoms in total. The van der Waals surface area contributed by atoms with Crippen molar-refractivity contribution in [3.8, 4) is 0 Å². The summed E-state index contributed by atoms with van der Waals surface area (Å²) in [5.41, 5.74) is 1.92. The third-order valence-corrected chi connectivity index (χ3v) is 3.48. The molecule has 0 bridgehead atoms. The van der Waals surface area contributed by atoms with Crippen LogP contribution in [0.2, 0.25) is 0 Å². The highest BCUT2D eigenvalue weighted by molar-refractivity contribution is 5.94. The Morgan fingerprint density at radius 2 is 2.00 bits per heavy atom. The summed E-state index contributed by atoms with van der Waals surface area (Å²) in [7, 11) is 0. The maximum Gasteiger partial charge on any atom is 0.253 e. The quantitative estimate of drug-likeness (QED) is 0.750. The lowest BCUT2D eigenvalue weighted by atomic mass is 10.2. The van der Waals surface area contributed by atoms with E-state index in [2.05, 4.69) is 17.6 Å². The number of hydrogen-bond acceptors (Lipinski definition) is 3. The zero-order chi connectivity index (χ0) is 14.2.